The highest BCUT2D eigenvalue weighted by molar-refractivity contribution is 7.89. The van der Waals surface area contributed by atoms with Gasteiger partial charge in [0.15, 0.2) is 0 Å². The Hall–Kier alpha value is -1.44. The highest BCUT2D eigenvalue weighted by atomic mass is 32.2. The second-order valence-corrected chi connectivity index (χ2v) is 10.6. The molecule has 2 saturated heterocycles. The van der Waals surface area contributed by atoms with Crippen molar-refractivity contribution >= 4 is 15.9 Å². The number of piperazine rings is 1. The molecule has 1 aliphatic carbocycles. The average molecular weight is 420 g/mol. The zero-order valence-corrected chi connectivity index (χ0v) is 18.2. The Morgan fingerprint density at radius 1 is 0.897 bits per heavy atom. The first-order chi connectivity index (χ1) is 14.0. The minimum absolute atomic E-state index is 0.177. The van der Waals surface area contributed by atoms with E-state index in [0.717, 1.165) is 25.9 Å². The number of benzene rings is 1. The van der Waals surface area contributed by atoms with E-state index in [0.29, 0.717) is 37.0 Å². The number of nitrogens with zero attached hydrogens (tertiary/aromatic N) is 3. The molecule has 1 aromatic carbocycles. The van der Waals surface area contributed by atoms with Crippen LogP contribution in [-0.2, 0) is 14.8 Å². The third-order valence-electron chi connectivity index (χ3n) is 6.94. The second-order valence-electron chi connectivity index (χ2n) is 8.70. The molecule has 1 unspecified atom stereocenters. The van der Waals surface area contributed by atoms with Gasteiger partial charge in [-0.05, 0) is 56.2 Å². The zero-order chi connectivity index (χ0) is 20.4. The minimum atomic E-state index is -3.48. The summed E-state index contributed by atoms with van der Waals surface area (Å²) in [4.78, 5) is 17.1. The fourth-order valence-electron chi connectivity index (χ4n) is 5.01. The van der Waals surface area contributed by atoms with Crippen LogP contribution in [0.4, 0.5) is 0 Å². The van der Waals surface area contributed by atoms with Crippen molar-refractivity contribution in [2.24, 2.45) is 0 Å². The molecular formula is C22H33N3O3S. The molecule has 3 fully saturated rings. The third-order valence-corrected chi connectivity index (χ3v) is 8.85. The smallest absolute Gasteiger partial charge is 0.243 e. The molecule has 1 amide bonds. The van der Waals surface area contributed by atoms with Gasteiger partial charge >= 0.3 is 0 Å². The van der Waals surface area contributed by atoms with Gasteiger partial charge in [0.1, 0.15) is 0 Å². The largest absolute Gasteiger partial charge is 0.341 e. The highest BCUT2D eigenvalue weighted by Gasteiger charge is 2.33. The average Bonchev–Trinajstić information content (AvgIpc) is 3.47. The molecule has 0 bridgehead atoms. The molecule has 4 rings (SSSR count). The van der Waals surface area contributed by atoms with E-state index in [2.05, 4.69) is 4.90 Å². The van der Waals surface area contributed by atoms with Crippen LogP contribution in [0.3, 0.4) is 0 Å². The van der Waals surface area contributed by atoms with Crippen molar-refractivity contribution in [3.05, 3.63) is 29.8 Å². The van der Waals surface area contributed by atoms with Crippen molar-refractivity contribution < 1.29 is 13.2 Å². The van der Waals surface area contributed by atoms with Gasteiger partial charge in [0.05, 0.1) is 10.9 Å². The molecule has 0 radical (unpaired) electrons. The lowest BCUT2D eigenvalue weighted by molar-refractivity contribution is -0.135. The Kier molecular flexibility index (Phi) is 6.27. The fourth-order valence-corrected chi connectivity index (χ4v) is 6.43. The van der Waals surface area contributed by atoms with Crippen LogP contribution in [0.25, 0.3) is 0 Å². The Labute approximate surface area is 174 Å². The van der Waals surface area contributed by atoms with Crippen molar-refractivity contribution in [3.8, 4) is 0 Å². The summed E-state index contributed by atoms with van der Waals surface area (Å²) in [6.45, 7) is 5.73. The zero-order valence-electron chi connectivity index (χ0n) is 17.4. The number of carbonyl (C=O) groups excluding carboxylic acids is 1. The number of carbonyl (C=O) groups is 1. The lowest BCUT2D eigenvalue weighted by Gasteiger charge is -2.37. The lowest BCUT2D eigenvalue weighted by atomic mass is 9.98. The topological polar surface area (TPSA) is 60.9 Å². The van der Waals surface area contributed by atoms with Crippen molar-refractivity contribution in [2.75, 3.05) is 39.3 Å². The predicted molar refractivity (Wildman–Crippen MR) is 113 cm³/mol. The van der Waals surface area contributed by atoms with E-state index in [1.807, 2.05) is 24.0 Å². The quantitative estimate of drug-likeness (QED) is 0.736. The van der Waals surface area contributed by atoms with E-state index in [1.54, 1.807) is 16.4 Å². The second kappa shape index (κ2) is 8.74. The summed E-state index contributed by atoms with van der Waals surface area (Å²) in [6.07, 6.45) is 7.14. The van der Waals surface area contributed by atoms with E-state index < -0.39 is 10.0 Å². The maximum atomic E-state index is 13.1. The van der Waals surface area contributed by atoms with Crippen LogP contribution in [-0.4, -0.2) is 73.7 Å². The molecule has 0 N–H and O–H groups in total. The predicted octanol–water partition coefficient (Wildman–Crippen LogP) is 2.66. The van der Waals surface area contributed by atoms with Gasteiger partial charge in [0.2, 0.25) is 15.9 Å². The standard InChI is InChI=1S/C22H33N3O3S/c1-18(22(26)24-12-4-5-13-24)23-14-16-25(17-15-23)29(27,28)21-10-8-20(9-11-21)19-6-2-3-7-19/h8-11,18-19H,2-7,12-17H2,1H3. The molecule has 2 aliphatic heterocycles. The van der Waals surface area contributed by atoms with Gasteiger partial charge in [-0.3, -0.25) is 9.69 Å². The van der Waals surface area contributed by atoms with Crippen LogP contribution >= 0.6 is 0 Å². The monoisotopic (exact) mass is 419 g/mol. The first-order valence-corrected chi connectivity index (χ1v) is 12.5. The maximum Gasteiger partial charge on any atom is 0.243 e. The summed E-state index contributed by atoms with van der Waals surface area (Å²) >= 11 is 0. The summed E-state index contributed by atoms with van der Waals surface area (Å²) in [6, 6.07) is 7.36. The minimum Gasteiger partial charge on any atom is -0.341 e. The Bertz CT molecular complexity index is 804. The Morgan fingerprint density at radius 3 is 2.07 bits per heavy atom. The molecule has 1 aromatic rings. The molecule has 7 heteroatoms. The number of hydrogen-bond acceptors (Lipinski definition) is 4. The van der Waals surface area contributed by atoms with Gasteiger partial charge in [-0.15, -0.1) is 0 Å². The van der Waals surface area contributed by atoms with E-state index in [9.17, 15) is 13.2 Å². The van der Waals surface area contributed by atoms with Gasteiger partial charge in [-0.25, -0.2) is 8.42 Å². The fraction of sp³-hybridized carbons (Fsp3) is 0.682. The van der Waals surface area contributed by atoms with Crippen LogP contribution in [0, 0.1) is 0 Å². The molecule has 1 atom stereocenters. The van der Waals surface area contributed by atoms with Crippen molar-refractivity contribution in [2.45, 2.75) is 62.3 Å². The number of sulfonamides is 1. The molecule has 3 aliphatic rings. The summed E-state index contributed by atoms with van der Waals surface area (Å²) in [5.41, 5.74) is 1.26. The van der Waals surface area contributed by atoms with Gasteiger partial charge in [0.25, 0.3) is 0 Å². The highest BCUT2D eigenvalue weighted by Crippen LogP contribution is 2.34. The van der Waals surface area contributed by atoms with Crippen LogP contribution in [0.5, 0.6) is 0 Å². The van der Waals surface area contributed by atoms with E-state index >= 15 is 0 Å². The normalized spacial score (nSPS) is 23.6. The van der Waals surface area contributed by atoms with Crippen LogP contribution in [0.15, 0.2) is 29.2 Å². The van der Waals surface area contributed by atoms with Gasteiger partial charge in [-0.1, -0.05) is 25.0 Å². The number of rotatable bonds is 5. The van der Waals surface area contributed by atoms with Gasteiger partial charge < -0.3 is 4.90 Å². The van der Waals surface area contributed by atoms with Crippen molar-refractivity contribution in [1.29, 1.82) is 0 Å². The Balaban J connectivity index is 1.36. The number of hydrogen-bond donors (Lipinski definition) is 0. The number of amides is 1. The summed E-state index contributed by atoms with van der Waals surface area (Å²) < 4.78 is 27.7. The van der Waals surface area contributed by atoms with Crippen molar-refractivity contribution in [1.82, 2.24) is 14.1 Å². The van der Waals surface area contributed by atoms with Crippen LogP contribution in [0.1, 0.15) is 56.9 Å². The van der Waals surface area contributed by atoms with Crippen LogP contribution < -0.4 is 0 Å². The first-order valence-electron chi connectivity index (χ1n) is 11.1. The van der Waals surface area contributed by atoms with Gasteiger partial charge in [-0.2, -0.15) is 4.31 Å². The molecule has 0 spiro atoms. The summed E-state index contributed by atoms with van der Waals surface area (Å²) in [5, 5.41) is 0. The Morgan fingerprint density at radius 2 is 1.48 bits per heavy atom. The first kappa shape index (κ1) is 20.8. The molecule has 29 heavy (non-hydrogen) atoms. The molecule has 1 saturated carbocycles. The summed E-state index contributed by atoms with van der Waals surface area (Å²) in [7, 11) is -3.48. The van der Waals surface area contributed by atoms with Gasteiger partial charge in [0, 0.05) is 39.3 Å². The third kappa shape index (κ3) is 4.37. The van der Waals surface area contributed by atoms with E-state index in [1.165, 1.54) is 31.2 Å². The van der Waals surface area contributed by atoms with E-state index in [4.69, 9.17) is 0 Å². The van der Waals surface area contributed by atoms with Crippen LogP contribution in [0.2, 0.25) is 0 Å². The summed E-state index contributed by atoms with van der Waals surface area (Å²) in [5.74, 6) is 0.770. The van der Waals surface area contributed by atoms with Crippen molar-refractivity contribution in [3.63, 3.8) is 0 Å². The lowest BCUT2D eigenvalue weighted by Crippen LogP contribution is -2.55. The molecule has 0 aromatic heterocycles. The molecule has 2 heterocycles. The maximum absolute atomic E-state index is 13.1. The molecule has 160 valence electrons. The molecular weight excluding hydrogens is 386 g/mol. The SMILES string of the molecule is CC(C(=O)N1CCCC1)N1CCN(S(=O)(=O)c2ccc(C3CCCC3)cc2)CC1. The number of likely N-dealkylation sites (tertiary alicyclic amines) is 1. The molecule has 6 nitrogen and oxygen atoms in total. The van der Waals surface area contributed by atoms with E-state index in [-0.39, 0.29) is 11.9 Å².